The second-order valence-corrected chi connectivity index (χ2v) is 9.90. The summed E-state index contributed by atoms with van der Waals surface area (Å²) in [5.41, 5.74) is 1.32. The summed E-state index contributed by atoms with van der Waals surface area (Å²) in [5, 5.41) is 18.0. The summed E-state index contributed by atoms with van der Waals surface area (Å²) >= 11 is 0. The lowest BCUT2D eigenvalue weighted by Gasteiger charge is -2.26. The molecule has 14 nitrogen and oxygen atoms in total. The number of carbonyl (C=O) groups is 5. The van der Waals surface area contributed by atoms with E-state index >= 15 is 0 Å². The lowest BCUT2D eigenvalue weighted by molar-refractivity contribution is -0.140. The molecule has 3 fully saturated rings. The maximum absolute atomic E-state index is 13.5. The number of H-pyrrole nitrogens is 1. The van der Waals surface area contributed by atoms with Gasteiger partial charge < -0.3 is 20.4 Å². The lowest BCUT2D eigenvalue weighted by atomic mass is 10.1. The van der Waals surface area contributed by atoms with Gasteiger partial charge in [-0.3, -0.25) is 34.9 Å². The first-order valence-electron chi connectivity index (χ1n) is 13.1. The normalized spacial score (nSPS) is 22.4. The Labute approximate surface area is 223 Å². The Balaban J connectivity index is 1.37. The molecule has 2 atom stereocenters. The SMILES string of the molecule is O=C1CC(C(=O)NC(=NC2CCCCN(CC(=O)N3CCCC3)C2=O)Nc2ccc3cn[nH]c3c2)NC(=O)N1. The van der Waals surface area contributed by atoms with Gasteiger partial charge in [-0.05, 0) is 50.3 Å². The highest BCUT2D eigenvalue weighted by Gasteiger charge is 2.32. The molecule has 4 heterocycles. The third kappa shape index (κ3) is 6.33. The first kappa shape index (κ1) is 26.1. The van der Waals surface area contributed by atoms with E-state index in [4.69, 9.17) is 0 Å². The number of aromatic amines is 1. The third-order valence-corrected chi connectivity index (χ3v) is 7.03. The molecule has 3 saturated heterocycles. The van der Waals surface area contributed by atoms with Gasteiger partial charge in [-0.25, -0.2) is 9.79 Å². The van der Waals surface area contributed by atoms with Crippen molar-refractivity contribution in [2.24, 2.45) is 4.99 Å². The number of rotatable bonds is 5. The highest BCUT2D eigenvalue weighted by molar-refractivity contribution is 6.10. The highest BCUT2D eigenvalue weighted by Crippen LogP contribution is 2.19. The number of hydrogen-bond donors (Lipinski definition) is 5. The Morgan fingerprint density at radius 1 is 1.08 bits per heavy atom. The van der Waals surface area contributed by atoms with E-state index in [9.17, 15) is 24.0 Å². The number of aliphatic imine (C=N–C) groups is 1. The van der Waals surface area contributed by atoms with Crippen molar-refractivity contribution >= 4 is 52.2 Å². The first-order valence-corrected chi connectivity index (χ1v) is 13.1. The van der Waals surface area contributed by atoms with Crippen molar-refractivity contribution < 1.29 is 24.0 Å². The van der Waals surface area contributed by atoms with Gasteiger partial charge in [0.2, 0.25) is 29.6 Å². The highest BCUT2D eigenvalue weighted by atomic mass is 16.2. The van der Waals surface area contributed by atoms with Gasteiger partial charge in [0.25, 0.3) is 0 Å². The molecule has 6 amide bonds. The smallest absolute Gasteiger partial charge is 0.322 e. The number of likely N-dealkylation sites (tertiary alicyclic amines) is 2. The van der Waals surface area contributed by atoms with Gasteiger partial charge in [0.1, 0.15) is 12.1 Å². The number of hydrogen-bond acceptors (Lipinski definition) is 7. The zero-order valence-electron chi connectivity index (χ0n) is 21.4. The summed E-state index contributed by atoms with van der Waals surface area (Å²) < 4.78 is 0. The standard InChI is InChI=1S/C25H31N9O5/c35-20-12-19(29-25(39)30-20)22(37)31-24(27-16-7-6-15-13-26-32-18(15)11-16)28-17-5-1-2-10-34(23(17)38)14-21(36)33-8-3-4-9-33/h6-7,11,13,17,19H,1-5,8-10,12,14H2,(H,26,32)(H2,27,28,31,37)(H2,29,30,35,39). The number of nitrogens with one attached hydrogen (secondary N) is 5. The van der Waals surface area contributed by atoms with Crippen molar-refractivity contribution in [1.29, 1.82) is 0 Å². The molecule has 5 N–H and O–H groups in total. The van der Waals surface area contributed by atoms with Gasteiger partial charge in [0.05, 0.1) is 24.7 Å². The minimum atomic E-state index is -1.10. The fraction of sp³-hybridized carbons (Fsp3) is 0.480. The topological polar surface area (TPSA) is 181 Å². The van der Waals surface area contributed by atoms with Crippen LogP contribution in [-0.4, -0.2) is 93.9 Å². The molecule has 2 unspecified atom stereocenters. The molecule has 1 aromatic carbocycles. The number of fused-ring (bicyclic) bond motifs is 1. The fourth-order valence-corrected chi connectivity index (χ4v) is 4.96. The minimum Gasteiger partial charge on any atom is -0.341 e. The molecule has 14 heteroatoms. The number of imide groups is 1. The number of urea groups is 1. The number of aromatic nitrogens is 2. The lowest BCUT2D eigenvalue weighted by Crippen LogP contribution is -2.58. The molecular formula is C25H31N9O5. The molecule has 206 valence electrons. The van der Waals surface area contributed by atoms with E-state index < -0.39 is 29.9 Å². The van der Waals surface area contributed by atoms with Gasteiger partial charge >= 0.3 is 6.03 Å². The molecule has 0 spiro atoms. The van der Waals surface area contributed by atoms with Gasteiger partial charge in [-0.15, -0.1) is 0 Å². The second-order valence-electron chi connectivity index (χ2n) is 9.90. The van der Waals surface area contributed by atoms with Crippen molar-refractivity contribution in [3.63, 3.8) is 0 Å². The van der Waals surface area contributed by atoms with Crippen LogP contribution in [0.3, 0.4) is 0 Å². The molecule has 5 rings (SSSR count). The van der Waals surface area contributed by atoms with E-state index in [0.29, 0.717) is 38.2 Å². The fourth-order valence-electron chi connectivity index (χ4n) is 4.96. The molecule has 39 heavy (non-hydrogen) atoms. The maximum Gasteiger partial charge on any atom is 0.322 e. The molecule has 0 bridgehead atoms. The van der Waals surface area contributed by atoms with E-state index in [1.807, 2.05) is 6.07 Å². The van der Waals surface area contributed by atoms with Crippen LogP contribution in [0.15, 0.2) is 29.4 Å². The van der Waals surface area contributed by atoms with E-state index in [-0.39, 0.29) is 30.7 Å². The van der Waals surface area contributed by atoms with Crippen LogP contribution >= 0.6 is 0 Å². The summed E-state index contributed by atoms with van der Waals surface area (Å²) in [6.07, 6.45) is 5.27. The van der Waals surface area contributed by atoms with E-state index in [2.05, 4.69) is 36.5 Å². The van der Waals surface area contributed by atoms with Gasteiger partial charge in [0, 0.05) is 30.7 Å². The number of carbonyl (C=O) groups excluding carboxylic acids is 5. The summed E-state index contributed by atoms with van der Waals surface area (Å²) in [7, 11) is 0. The average Bonchev–Trinajstić information content (AvgIpc) is 3.58. The van der Waals surface area contributed by atoms with Crippen molar-refractivity contribution in [1.82, 2.24) is 35.9 Å². The molecule has 2 aromatic rings. The van der Waals surface area contributed by atoms with Crippen LogP contribution < -0.4 is 21.3 Å². The van der Waals surface area contributed by atoms with Crippen LogP contribution in [0.1, 0.15) is 38.5 Å². The van der Waals surface area contributed by atoms with Gasteiger partial charge in [-0.1, -0.05) is 0 Å². The predicted octanol–water partition coefficient (Wildman–Crippen LogP) is 0.0486. The molecule has 3 aliphatic heterocycles. The molecule has 1 aromatic heterocycles. The van der Waals surface area contributed by atoms with Crippen LogP contribution in [0.25, 0.3) is 10.9 Å². The van der Waals surface area contributed by atoms with Crippen molar-refractivity contribution in [3.8, 4) is 0 Å². The Hall–Kier alpha value is -4.49. The summed E-state index contributed by atoms with van der Waals surface area (Å²) in [6, 6.07) is 2.67. The van der Waals surface area contributed by atoms with E-state index in [1.165, 1.54) is 0 Å². The van der Waals surface area contributed by atoms with Crippen LogP contribution in [0.5, 0.6) is 0 Å². The van der Waals surface area contributed by atoms with Crippen molar-refractivity contribution in [3.05, 3.63) is 24.4 Å². The Bertz CT molecular complexity index is 1300. The largest absolute Gasteiger partial charge is 0.341 e. The van der Waals surface area contributed by atoms with Crippen LogP contribution in [-0.2, 0) is 19.2 Å². The van der Waals surface area contributed by atoms with Crippen molar-refractivity contribution in [2.45, 2.75) is 50.6 Å². The number of benzene rings is 1. The monoisotopic (exact) mass is 537 g/mol. The molecule has 0 radical (unpaired) electrons. The number of nitrogens with zero attached hydrogens (tertiary/aromatic N) is 4. The maximum atomic E-state index is 13.5. The molecule has 0 saturated carbocycles. The zero-order chi connectivity index (χ0) is 27.4. The minimum absolute atomic E-state index is 0.000314. The first-order chi connectivity index (χ1) is 18.9. The molecule has 0 aliphatic carbocycles. The second kappa shape index (κ2) is 11.5. The van der Waals surface area contributed by atoms with E-state index in [0.717, 1.165) is 30.2 Å². The number of anilines is 1. The summed E-state index contributed by atoms with van der Waals surface area (Å²) in [4.78, 5) is 70.7. The van der Waals surface area contributed by atoms with Gasteiger partial charge in [0.15, 0.2) is 0 Å². The molecule has 3 aliphatic rings. The number of guanidine groups is 1. The van der Waals surface area contributed by atoms with Crippen molar-refractivity contribution in [2.75, 3.05) is 31.5 Å². The molecular weight excluding hydrogens is 506 g/mol. The van der Waals surface area contributed by atoms with Crippen LogP contribution in [0, 0.1) is 0 Å². The quantitative estimate of drug-likeness (QED) is 0.264. The van der Waals surface area contributed by atoms with Crippen LogP contribution in [0.4, 0.5) is 10.5 Å². The Kier molecular flexibility index (Phi) is 7.70. The Morgan fingerprint density at radius 2 is 1.87 bits per heavy atom. The van der Waals surface area contributed by atoms with Gasteiger partial charge in [-0.2, -0.15) is 5.10 Å². The summed E-state index contributed by atoms with van der Waals surface area (Å²) in [5.74, 6) is -1.61. The van der Waals surface area contributed by atoms with E-state index in [1.54, 1.807) is 28.1 Å². The number of amides is 6. The average molecular weight is 538 g/mol. The summed E-state index contributed by atoms with van der Waals surface area (Å²) in [6.45, 7) is 1.87. The predicted molar refractivity (Wildman–Crippen MR) is 140 cm³/mol. The zero-order valence-corrected chi connectivity index (χ0v) is 21.4. The van der Waals surface area contributed by atoms with Crippen LogP contribution in [0.2, 0.25) is 0 Å². The third-order valence-electron chi connectivity index (χ3n) is 7.03. The Morgan fingerprint density at radius 3 is 2.67 bits per heavy atom.